The molecule has 0 spiro atoms. The molecular formula is C26H37F2N5. The first kappa shape index (κ1) is 26.2. The van der Waals surface area contributed by atoms with Gasteiger partial charge in [-0.15, -0.1) is 0 Å². The molecule has 1 aliphatic rings. The summed E-state index contributed by atoms with van der Waals surface area (Å²) in [6.07, 6.45) is 9.01. The van der Waals surface area contributed by atoms with Gasteiger partial charge in [-0.1, -0.05) is 46.1 Å². The first-order chi connectivity index (χ1) is 15.7. The van der Waals surface area contributed by atoms with Crippen molar-refractivity contribution in [3.8, 4) is 0 Å². The van der Waals surface area contributed by atoms with Crippen LogP contribution in [0.1, 0.15) is 58.9 Å². The van der Waals surface area contributed by atoms with Crippen LogP contribution < -0.4 is 16.4 Å². The molecule has 7 heteroatoms. The minimum Gasteiger partial charge on any atom is -0.399 e. The summed E-state index contributed by atoms with van der Waals surface area (Å²) in [5.74, 6) is -0.334. The lowest BCUT2D eigenvalue weighted by Gasteiger charge is -2.29. The second kappa shape index (κ2) is 12.2. The minimum absolute atomic E-state index is 0.0638. The van der Waals surface area contributed by atoms with E-state index in [1.165, 1.54) is 12.1 Å². The number of pyridine rings is 1. The maximum absolute atomic E-state index is 15.0. The topological polar surface area (TPSA) is 66.2 Å². The molecule has 1 aromatic heterocycles. The zero-order valence-electron chi connectivity index (χ0n) is 20.3. The number of nitrogens with one attached hydrogen (secondary N) is 2. The van der Waals surface area contributed by atoms with Crippen molar-refractivity contribution in [2.24, 2.45) is 11.7 Å². The summed E-state index contributed by atoms with van der Waals surface area (Å²) in [6, 6.07) is 1.28. The van der Waals surface area contributed by atoms with Gasteiger partial charge in [-0.3, -0.25) is 0 Å². The Labute approximate surface area is 196 Å². The number of rotatable bonds is 10. The standard InChI is InChI=1S/C26H37F2N5/c1-7-20(14-17(3)4)31-26-24(28)16-22(18(5)29)25(32-26)30-21(8-2)15-23(27)19(6)33-12-10-9-11-13-33/h8,14-17H,5-7,9-13,29H2,1-4H3,(H2,30,31,32)/b20-14+,21-8+,23-15+. The highest BCUT2D eigenvalue weighted by Gasteiger charge is 2.17. The third-order valence-corrected chi connectivity index (χ3v) is 5.39. The van der Waals surface area contributed by atoms with E-state index in [1.807, 2.05) is 31.7 Å². The van der Waals surface area contributed by atoms with Gasteiger partial charge in [0.1, 0.15) is 11.6 Å². The van der Waals surface area contributed by atoms with Gasteiger partial charge in [0.25, 0.3) is 0 Å². The lowest BCUT2D eigenvalue weighted by molar-refractivity contribution is 0.281. The highest BCUT2D eigenvalue weighted by molar-refractivity contribution is 5.74. The van der Waals surface area contributed by atoms with E-state index in [2.05, 4.69) is 28.8 Å². The van der Waals surface area contributed by atoms with Crippen molar-refractivity contribution in [2.45, 2.75) is 53.4 Å². The van der Waals surface area contributed by atoms with E-state index in [0.717, 1.165) is 38.0 Å². The Morgan fingerprint density at radius 3 is 2.42 bits per heavy atom. The predicted molar refractivity (Wildman–Crippen MR) is 135 cm³/mol. The zero-order chi connectivity index (χ0) is 24.5. The molecule has 0 atom stereocenters. The summed E-state index contributed by atoms with van der Waals surface area (Å²) in [7, 11) is 0. The number of nitrogens with zero attached hydrogens (tertiary/aromatic N) is 2. The predicted octanol–water partition coefficient (Wildman–Crippen LogP) is 6.68. The second-order valence-corrected chi connectivity index (χ2v) is 8.51. The summed E-state index contributed by atoms with van der Waals surface area (Å²) < 4.78 is 29.7. The number of nitrogens with two attached hydrogens (primary N) is 1. The fraction of sp³-hybridized carbons (Fsp3) is 0.423. The second-order valence-electron chi connectivity index (χ2n) is 8.51. The van der Waals surface area contributed by atoms with E-state index in [-0.39, 0.29) is 17.3 Å². The molecule has 0 saturated carbocycles. The molecule has 2 heterocycles. The molecule has 0 aromatic carbocycles. The van der Waals surface area contributed by atoms with Gasteiger partial charge in [-0.05, 0) is 50.7 Å². The van der Waals surface area contributed by atoms with Gasteiger partial charge in [0.15, 0.2) is 11.6 Å². The number of hydrogen-bond donors (Lipinski definition) is 3. The van der Waals surface area contributed by atoms with E-state index in [9.17, 15) is 8.78 Å². The molecule has 0 radical (unpaired) electrons. The van der Waals surface area contributed by atoms with Gasteiger partial charge in [0, 0.05) is 35.7 Å². The van der Waals surface area contributed by atoms with E-state index >= 15 is 0 Å². The SMILES string of the molecule is C=C(N)c1cc(F)c(N/C(=C/C(C)C)CC)nc1NC(=C/C)/C=C(/F)C(=C)N1CCCCC1. The molecule has 4 N–H and O–H groups in total. The molecule has 5 nitrogen and oxygen atoms in total. The molecule has 1 aromatic rings. The van der Waals surface area contributed by atoms with Crippen molar-refractivity contribution in [2.75, 3.05) is 23.7 Å². The van der Waals surface area contributed by atoms with Gasteiger partial charge in [0.2, 0.25) is 0 Å². The molecule has 0 unspecified atom stereocenters. The van der Waals surface area contributed by atoms with Gasteiger partial charge < -0.3 is 21.3 Å². The fourth-order valence-electron chi connectivity index (χ4n) is 3.58. The van der Waals surface area contributed by atoms with Crippen molar-refractivity contribution < 1.29 is 8.78 Å². The number of anilines is 2. The van der Waals surface area contributed by atoms with Crippen molar-refractivity contribution in [3.05, 3.63) is 71.8 Å². The van der Waals surface area contributed by atoms with Gasteiger partial charge in [-0.2, -0.15) is 0 Å². The molecule has 0 bridgehead atoms. The summed E-state index contributed by atoms with van der Waals surface area (Å²) in [6.45, 7) is 17.1. The summed E-state index contributed by atoms with van der Waals surface area (Å²) in [4.78, 5) is 6.37. The van der Waals surface area contributed by atoms with Crippen LogP contribution in [0.15, 0.2) is 60.4 Å². The Morgan fingerprint density at radius 2 is 1.88 bits per heavy atom. The minimum atomic E-state index is -0.549. The average Bonchev–Trinajstić information content (AvgIpc) is 2.79. The molecule has 1 aliphatic heterocycles. The van der Waals surface area contributed by atoms with Crippen LogP contribution in [0.5, 0.6) is 0 Å². The van der Waals surface area contributed by atoms with Gasteiger partial charge in [0.05, 0.1) is 5.70 Å². The third kappa shape index (κ3) is 7.48. The number of likely N-dealkylation sites (tertiary alicyclic amines) is 1. The Balaban J connectivity index is 2.34. The molecule has 180 valence electrons. The quantitative estimate of drug-likeness (QED) is 0.342. The largest absolute Gasteiger partial charge is 0.399 e. The number of allylic oxidation sites excluding steroid dienone is 5. The first-order valence-electron chi connectivity index (χ1n) is 11.5. The molecule has 0 amide bonds. The Hall–Kier alpha value is -3.09. The van der Waals surface area contributed by atoms with Crippen LogP contribution in [0.4, 0.5) is 20.4 Å². The van der Waals surface area contributed by atoms with Gasteiger partial charge >= 0.3 is 0 Å². The van der Waals surface area contributed by atoms with E-state index in [0.29, 0.717) is 29.3 Å². The smallest absolute Gasteiger partial charge is 0.168 e. The Kier molecular flexibility index (Phi) is 9.70. The number of halogens is 2. The lowest BCUT2D eigenvalue weighted by atomic mass is 10.1. The van der Waals surface area contributed by atoms with Crippen LogP contribution >= 0.6 is 0 Å². The molecular weight excluding hydrogens is 420 g/mol. The van der Waals surface area contributed by atoms with Crippen LogP contribution in [-0.2, 0) is 0 Å². The maximum atomic E-state index is 15.0. The average molecular weight is 458 g/mol. The lowest BCUT2D eigenvalue weighted by Crippen LogP contribution is -2.28. The highest BCUT2D eigenvalue weighted by Crippen LogP contribution is 2.27. The number of hydrogen-bond acceptors (Lipinski definition) is 5. The first-order valence-corrected chi connectivity index (χ1v) is 11.5. The molecule has 33 heavy (non-hydrogen) atoms. The van der Waals surface area contributed by atoms with Crippen molar-refractivity contribution in [3.63, 3.8) is 0 Å². The van der Waals surface area contributed by atoms with Crippen LogP contribution in [0.3, 0.4) is 0 Å². The van der Waals surface area contributed by atoms with Crippen molar-refractivity contribution in [1.82, 2.24) is 9.88 Å². The monoisotopic (exact) mass is 457 g/mol. The molecule has 0 aliphatic carbocycles. The molecule has 2 rings (SSSR count). The number of piperidine rings is 1. The summed E-state index contributed by atoms with van der Waals surface area (Å²) in [5.41, 5.74) is 8.02. The van der Waals surface area contributed by atoms with Gasteiger partial charge in [-0.25, -0.2) is 13.8 Å². The zero-order valence-corrected chi connectivity index (χ0v) is 20.3. The van der Waals surface area contributed by atoms with Crippen LogP contribution in [0.2, 0.25) is 0 Å². The third-order valence-electron chi connectivity index (χ3n) is 5.39. The van der Waals surface area contributed by atoms with E-state index in [1.54, 1.807) is 13.0 Å². The van der Waals surface area contributed by atoms with Crippen molar-refractivity contribution in [1.29, 1.82) is 0 Å². The van der Waals surface area contributed by atoms with Crippen LogP contribution in [-0.4, -0.2) is 23.0 Å². The fourth-order valence-corrected chi connectivity index (χ4v) is 3.58. The highest BCUT2D eigenvalue weighted by atomic mass is 19.1. The van der Waals surface area contributed by atoms with E-state index < -0.39 is 11.6 Å². The van der Waals surface area contributed by atoms with Crippen LogP contribution in [0.25, 0.3) is 5.70 Å². The maximum Gasteiger partial charge on any atom is 0.168 e. The Bertz CT molecular complexity index is 954. The molecule has 1 fully saturated rings. The van der Waals surface area contributed by atoms with E-state index in [4.69, 9.17) is 5.73 Å². The Morgan fingerprint density at radius 1 is 1.21 bits per heavy atom. The number of aromatic nitrogens is 1. The van der Waals surface area contributed by atoms with Crippen LogP contribution in [0, 0.1) is 11.7 Å². The summed E-state index contributed by atoms with van der Waals surface area (Å²) >= 11 is 0. The normalized spacial score (nSPS) is 15.6. The van der Waals surface area contributed by atoms with Crippen molar-refractivity contribution >= 4 is 17.3 Å². The molecule has 1 saturated heterocycles. The summed E-state index contributed by atoms with van der Waals surface area (Å²) in [5, 5.41) is 6.14.